The second-order valence-corrected chi connectivity index (χ2v) is 5.31. The van der Waals surface area contributed by atoms with Crippen LogP contribution in [0.4, 0.5) is 0 Å². The van der Waals surface area contributed by atoms with Crippen molar-refractivity contribution in [3.05, 3.63) is 28.8 Å². The van der Waals surface area contributed by atoms with E-state index in [1.807, 2.05) is 6.07 Å². The van der Waals surface area contributed by atoms with Crippen molar-refractivity contribution in [1.82, 2.24) is 5.32 Å². The minimum atomic E-state index is 0.137. The molecule has 1 heterocycles. The molecule has 1 saturated heterocycles. The minimum Gasteiger partial charge on any atom is -0.506 e. The molecule has 0 radical (unpaired) electrons. The summed E-state index contributed by atoms with van der Waals surface area (Å²) >= 11 is 5.88. The zero-order chi connectivity index (χ0) is 13.0. The second-order valence-electron chi connectivity index (χ2n) is 4.91. The monoisotopic (exact) mass is 269 g/mol. The average Bonchev–Trinajstić information content (AvgIpc) is 2.41. The van der Waals surface area contributed by atoms with Gasteiger partial charge in [-0.05, 0) is 43.4 Å². The van der Waals surface area contributed by atoms with Crippen molar-refractivity contribution < 1.29 is 9.84 Å². The van der Waals surface area contributed by atoms with Crippen LogP contribution in [0.2, 0.25) is 5.02 Å². The van der Waals surface area contributed by atoms with E-state index in [0.29, 0.717) is 17.0 Å². The van der Waals surface area contributed by atoms with Gasteiger partial charge in [0, 0.05) is 25.8 Å². The van der Waals surface area contributed by atoms with Gasteiger partial charge in [0.1, 0.15) is 5.75 Å². The van der Waals surface area contributed by atoms with Gasteiger partial charge in [0.25, 0.3) is 0 Å². The molecule has 4 heteroatoms. The van der Waals surface area contributed by atoms with E-state index in [0.717, 1.165) is 38.2 Å². The highest BCUT2D eigenvalue weighted by atomic mass is 35.5. The summed E-state index contributed by atoms with van der Waals surface area (Å²) in [6.07, 6.45) is 2.26. The molecule has 2 N–H and O–H groups in total. The first-order chi connectivity index (χ1) is 8.66. The van der Waals surface area contributed by atoms with E-state index in [2.05, 4.69) is 12.2 Å². The van der Waals surface area contributed by atoms with Crippen LogP contribution < -0.4 is 5.32 Å². The van der Waals surface area contributed by atoms with Crippen LogP contribution in [0.3, 0.4) is 0 Å². The summed E-state index contributed by atoms with van der Waals surface area (Å²) in [5.74, 6) is 0.823. The Morgan fingerprint density at radius 1 is 1.44 bits per heavy atom. The van der Waals surface area contributed by atoms with Crippen molar-refractivity contribution in [2.24, 2.45) is 5.92 Å². The van der Waals surface area contributed by atoms with Gasteiger partial charge in [0.2, 0.25) is 0 Å². The van der Waals surface area contributed by atoms with Crippen LogP contribution in [-0.2, 0) is 11.3 Å². The van der Waals surface area contributed by atoms with Gasteiger partial charge in [-0.2, -0.15) is 0 Å². The molecule has 1 aliphatic heterocycles. The Bertz CT molecular complexity index is 391. The highest BCUT2D eigenvalue weighted by Gasteiger charge is 2.19. The smallest absolute Gasteiger partial charge is 0.134 e. The molecular formula is C14H20ClNO2. The molecule has 0 amide bonds. The fourth-order valence-corrected chi connectivity index (χ4v) is 2.52. The van der Waals surface area contributed by atoms with Crippen molar-refractivity contribution in [3.63, 3.8) is 0 Å². The lowest BCUT2D eigenvalue weighted by molar-refractivity contribution is 0.0558. The Balaban J connectivity index is 1.84. The number of phenols is 1. The van der Waals surface area contributed by atoms with Crippen LogP contribution in [0.25, 0.3) is 0 Å². The van der Waals surface area contributed by atoms with Gasteiger partial charge in [-0.1, -0.05) is 17.7 Å². The van der Waals surface area contributed by atoms with Crippen molar-refractivity contribution in [2.45, 2.75) is 32.4 Å². The molecule has 18 heavy (non-hydrogen) atoms. The Morgan fingerprint density at radius 3 is 2.83 bits per heavy atom. The normalized spacial score (nSPS) is 18.8. The Morgan fingerprint density at radius 2 is 2.17 bits per heavy atom. The van der Waals surface area contributed by atoms with E-state index < -0.39 is 0 Å². The van der Waals surface area contributed by atoms with E-state index in [1.54, 1.807) is 12.1 Å². The van der Waals surface area contributed by atoms with Crippen LogP contribution in [0.5, 0.6) is 5.75 Å². The zero-order valence-corrected chi connectivity index (χ0v) is 11.4. The molecule has 0 saturated carbocycles. The van der Waals surface area contributed by atoms with Crippen LogP contribution >= 0.6 is 11.6 Å². The SMILES string of the molecule is CC(NCc1ccc(O)c(Cl)c1)C1CCOCC1. The molecule has 2 rings (SSSR count). The van der Waals surface area contributed by atoms with E-state index in [9.17, 15) is 5.11 Å². The second kappa shape index (κ2) is 6.41. The number of rotatable bonds is 4. The first-order valence-electron chi connectivity index (χ1n) is 6.45. The number of aromatic hydroxyl groups is 1. The number of ether oxygens (including phenoxy) is 1. The first-order valence-corrected chi connectivity index (χ1v) is 6.83. The molecule has 1 aromatic rings. The van der Waals surface area contributed by atoms with Crippen molar-refractivity contribution in [2.75, 3.05) is 13.2 Å². The highest BCUT2D eigenvalue weighted by molar-refractivity contribution is 6.32. The summed E-state index contributed by atoms with van der Waals surface area (Å²) in [7, 11) is 0. The number of benzene rings is 1. The van der Waals surface area contributed by atoms with E-state index in [4.69, 9.17) is 16.3 Å². The predicted molar refractivity (Wildman–Crippen MR) is 73.0 cm³/mol. The molecule has 0 spiro atoms. The summed E-state index contributed by atoms with van der Waals surface area (Å²) in [5.41, 5.74) is 1.09. The van der Waals surface area contributed by atoms with Crippen molar-refractivity contribution in [3.8, 4) is 5.75 Å². The average molecular weight is 270 g/mol. The number of nitrogens with one attached hydrogen (secondary N) is 1. The maximum Gasteiger partial charge on any atom is 0.134 e. The molecule has 0 aliphatic carbocycles. The number of halogens is 1. The van der Waals surface area contributed by atoms with Gasteiger partial charge in [0.05, 0.1) is 5.02 Å². The third-order valence-electron chi connectivity index (χ3n) is 3.61. The summed E-state index contributed by atoms with van der Waals surface area (Å²) in [5, 5.41) is 13.3. The topological polar surface area (TPSA) is 41.5 Å². The third-order valence-corrected chi connectivity index (χ3v) is 3.92. The fraction of sp³-hybridized carbons (Fsp3) is 0.571. The van der Waals surface area contributed by atoms with Gasteiger partial charge in [-0.15, -0.1) is 0 Å². The van der Waals surface area contributed by atoms with Crippen LogP contribution in [0.1, 0.15) is 25.3 Å². The number of hydrogen-bond acceptors (Lipinski definition) is 3. The molecule has 1 aliphatic rings. The molecule has 1 aromatic carbocycles. The molecular weight excluding hydrogens is 250 g/mol. The lowest BCUT2D eigenvalue weighted by Crippen LogP contribution is -2.36. The molecule has 1 unspecified atom stereocenters. The summed E-state index contributed by atoms with van der Waals surface area (Å²) < 4.78 is 5.37. The number of hydrogen-bond donors (Lipinski definition) is 2. The zero-order valence-electron chi connectivity index (χ0n) is 10.7. The Hall–Kier alpha value is -0.770. The maximum atomic E-state index is 9.36. The summed E-state index contributed by atoms with van der Waals surface area (Å²) in [6, 6.07) is 5.81. The minimum absolute atomic E-state index is 0.137. The maximum absolute atomic E-state index is 9.36. The van der Waals surface area contributed by atoms with Gasteiger partial charge in [-0.3, -0.25) is 0 Å². The quantitative estimate of drug-likeness (QED) is 0.883. The highest BCUT2D eigenvalue weighted by Crippen LogP contribution is 2.24. The van der Waals surface area contributed by atoms with Crippen LogP contribution in [-0.4, -0.2) is 24.4 Å². The lowest BCUT2D eigenvalue weighted by Gasteiger charge is -2.28. The molecule has 1 fully saturated rings. The molecule has 0 bridgehead atoms. The van der Waals surface area contributed by atoms with Gasteiger partial charge >= 0.3 is 0 Å². The van der Waals surface area contributed by atoms with E-state index >= 15 is 0 Å². The van der Waals surface area contributed by atoms with Gasteiger partial charge < -0.3 is 15.2 Å². The molecule has 0 aromatic heterocycles. The van der Waals surface area contributed by atoms with Crippen LogP contribution in [0, 0.1) is 5.92 Å². The third kappa shape index (κ3) is 3.61. The largest absolute Gasteiger partial charge is 0.506 e. The number of phenolic OH excluding ortho intramolecular Hbond substituents is 1. The predicted octanol–water partition coefficient (Wildman–Crippen LogP) is 2.95. The Kier molecular flexibility index (Phi) is 4.87. The standard InChI is InChI=1S/C14H20ClNO2/c1-10(12-4-6-18-7-5-12)16-9-11-2-3-14(17)13(15)8-11/h2-3,8,10,12,16-17H,4-7,9H2,1H3. The first kappa shape index (κ1) is 13.7. The summed E-state index contributed by atoms with van der Waals surface area (Å²) in [6.45, 7) is 4.75. The molecule has 1 atom stereocenters. The fourth-order valence-electron chi connectivity index (χ4n) is 2.32. The van der Waals surface area contributed by atoms with E-state index in [1.165, 1.54) is 0 Å². The van der Waals surface area contributed by atoms with Gasteiger partial charge in [-0.25, -0.2) is 0 Å². The molecule has 100 valence electrons. The molecule has 3 nitrogen and oxygen atoms in total. The van der Waals surface area contributed by atoms with Gasteiger partial charge in [0.15, 0.2) is 0 Å². The van der Waals surface area contributed by atoms with Crippen molar-refractivity contribution in [1.29, 1.82) is 0 Å². The Labute approximate surface area is 113 Å². The van der Waals surface area contributed by atoms with Crippen molar-refractivity contribution >= 4 is 11.6 Å². The van der Waals surface area contributed by atoms with Crippen LogP contribution in [0.15, 0.2) is 18.2 Å². The summed E-state index contributed by atoms with van der Waals surface area (Å²) in [4.78, 5) is 0. The van der Waals surface area contributed by atoms with E-state index in [-0.39, 0.29) is 5.75 Å². The lowest BCUT2D eigenvalue weighted by atomic mass is 9.93.